The standard InChI is InChI=1S/C23H29N7O/c1-17-14-21(27-23(25-17)30-10-12-31-13-11-30)28-6-8-29(9-7-28)22-19(16-24)15-18-4-2-3-5-20(18)26-22/h14-15H,2-13H2,1H3. The van der Waals surface area contributed by atoms with Gasteiger partial charge in [0.1, 0.15) is 17.7 Å². The smallest absolute Gasteiger partial charge is 0.227 e. The topological polar surface area (TPSA) is 81.4 Å². The van der Waals surface area contributed by atoms with Crippen molar-refractivity contribution in [2.45, 2.75) is 32.6 Å². The molecule has 8 heteroatoms. The number of piperazine rings is 1. The van der Waals surface area contributed by atoms with Crippen LogP contribution >= 0.6 is 0 Å². The number of nitrogens with zero attached hydrogens (tertiary/aromatic N) is 7. The molecule has 2 fully saturated rings. The number of morpholine rings is 1. The fourth-order valence-corrected chi connectivity index (χ4v) is 4.70. The molecule has 31 heavy (non-hydrogen) atoms. The maximum atomic E-state index is 9.71. The van der Waals surface area contributed by atoms with Crippen molar-refractivity contribution in [2.75, 3.05) is 67.2 Å². The molecule has 0 atom stereocenters. The van der Waals surface area contributed by atoms with Crippen LogP contribution in [0.3, 0.4) is 0 Å². The van der Waals surface area contributed by atoms with E-state index >= 15 is 0 Å². The van der Waals surface area contributed by atoms with Gasteiger partial charge < -0.3 is 19.4 Å². The second-order valence-electron chi connectivity index (χ2n) is 8.53. The van der Waals surface area contributed by atoms with Gasteiger partial charge in [-0.05, 0) is 44.2 Å². The summed E-state index contributed by atoms with van der Waals surface area (Å²) in [6, 6.07) is 6.52. The molecule has 0 amide bonds. The Hall–Kier alpha value is -2.92. The lowest BCUT2D eigenvalue weighted by molar-refractivity contribution is 0.122. The highest BCUT2D eigenvalue weighted by Crippen LogP contribution is 2.28. The highest BCUT2D eigenvalue weighted by molar-refractivity contribution is 5.58. The molecular weight excluding hydrogens is 390 g/mol. The van der Waals surface area contributed by atoms with Gasteiger partial charge in [0.25, 0.3) is 0 Å². The number of anilines is 3. The van der Waals surface area contributed by atoms with Crippen LogP contribution in [0, 0.1) is 18.3 Å². The van der Waals surface area contributed by atoms with Gasteiger partial charge in [0, 0.05) is 56.7 Å². The maximum Gasteiger partial charge on any atom is 0.227 e. The molecule has 0 saturated carbocycles. The summed E-state index contributed by atoms with van der Waals surface area (Å²) in [7, 11) is 0. The van der Waals surface area contributed by atoms with Crippen LogP contribution in [0.4, 0.5) is 17.6 Å². The largest absolute Gasteiger partial charge is 0.378 e. The van der Waals surface area contributed by atoms with E-state index in [1.54, 1.807) is 0 Å². The van der Waals surface area contributed by atoms with Gasteiger partial charge in [-0.2, -0.15) is 10.2 Å². The fraction of sp³-hybridized carbons (Fsp3) is 0.565. The van der Waals surface area contributed by atoms with E-state index < -0.39 is 0 Å². The van der Waals surface area contributed by atoms with Crippen LogP contribution in [-0.4, -0.2) is 67.4 Å². The Kier molecular flexibility index (Phi) is 5.60. The molecule has 5 rings (SSSR count). The zero-order chi connectivity index (χ0) is 21.2. The Morgan fingerprint density at radius 2 is 1.61 bits per heavy atom. The van der Waals surface area contributed by atoms with Gasteiger partial charge in [0.05, 0.1) is 18.8 Å². The first kappa shape index (κ1) is 20.0. The van der Waals surface area contributed by atoms with Crippen molar-refractivity contribution < 1.29 is 4.74 Å². The van der Waals surface area contributed by atoms with Crippen LogP contribution in [0.25, 0.3) is 0 Å². The zero-order valence-electron chi connectivity index (χ0n) is 18.2. The molecular formula is C23H29N7O. The number of ether oxygens (including phenoxy) is 1. The lowest BCUT2D eigenvalue weighted by Crippen LogP contribution is -2.47. The molecule has 1 aliphatic carbocycles. The summed E-state index contributed by atoms with van der Waals surface area (Å²) in [6.45, 7) is 8.50. The van der Waals surface area contributed by atoms with Crippen molar-refractivity contribution in [2.24, 2.45) is 0 Å². The number of aromatic nitrogens is 3. The van der Waals surface area contributed by atoms with E-state index in [1.807, 2.05) is 6.92 Å². The van der Waals surface area contributed by atoms with Crippen molar-refractivity contribution in [1.29, 1.82) is 5.26 Å². The number of fused-ring (bicyclic) bond motifs is 1. The number of hydrogen-bond acceptors (Lipinski definition) is 8. The SMILES string of the molecule is Cc1cc(N2CCN(c3nc4c(cc3C#N)CCCC4)CC2)nc(N2CCOCC2)n1. The number of rotatable bonds is 3. The normalized spacial score (nSPS) is 19.2. The van der Waals surface area contributed by atoms with Gasteiger partial charge in [-0.15, -0.1) is 0 Å². The predicted octanol–water partition coefficient (Wildman–Crippen LogP) is 2.09. The second kappa shape index (κ2) is 8.67. The minimum atomic E-state index is 0.710. The molecule has 0 aromatic carbocycles. The van der Waals surface area contributed by atoms with Gasteiger partial charge in [-0.25, -0.2) is 9.97 Å². The molecule has 3 aliphatic rings. The number of aryl methyl sites for hydroxylation is 3. The Morgan fingerprint density at radius 1 is 0.871 bits per heavy atom. The van der Waals surface area contributed by atoms with Crippen molar-refractivity contribution in [1.82, 2.24) is 15.0 Å². The first-order chi connectivity index (χ1) is 15.2. The molecule has 2 aliphatic heterocycles. The minimum Gasteiger partial charge on any atom is -0.378 e. The van der Waals surface area contributed by atoms with Crippen molar-refractivity contribution in [3.8, 4) is 6.07 Å². The second-order valence-corrected chi connectivity index (χ2v) is 8.53. The van der Waals surface area contributed by atoms with E-state index in [2.05, 4.69) is 37.9 Å². The number of pyridine rings is 1. The summed E-state index contributed by atoms with van der Waals surface area (Å²) in [4.78, 5) is 21.2. The summed E-state index contributed by atoms with van der Waals surface area (Å²) >= 11 is 0. The Morgan fingerprint density at radius 3 is 2.39 bits per heavy atom. The Labute approximate surface area is 183 Å². The molecule has 2 saturated heterocycles. The molecule has 0 unspecified atom stereocenters. The molecule has 0 spiro atoms. The monoisotopic (exact) mass is 419 g/mol. The Bertz CT molecular complexity index is 988. The summed E-state index contributed by atoms with van der Waals surface area (Å²) in [5.41, 5.74) is 4.14. The quantitative estimate of drug-likeness (QED) is 0.748. The molecule has 2 aromatic heterocycles. The van der Waals surface area contributed by atoms with Gasteiger partial charge >= 0.3 is 0 Å². The van der Waals surface area contributed by atoms with Gasteiger partial charge in [0.2, 0.25) is 5.95 Å². The lowest BCUT2D eigenvalue weighted by atomic mass is 9.95. The van der Waals surface area contributed by atoms with E-state index in [4.69, 9.17) is 14.7 Å². The summed E-state index contributed by atoms with van der Waals surface area (Å²) in [5.74, 6) is 2.63. The average Bonchev–Trinajstić information content (AvgIpc) is 2.83. The van der Waals surface area contributed by atoms with Gasteiger partial charge in [-0.3, -0.25) is 0 Å². The lowest BCUT2D eigenvalue weighted by Gasteiger charge is -2.37. The molecule has 2 aromatic rings. The van der Waals surface area contributed by atoms with Crippen LogP contribution in [-0.2, 0) is 17.6 Å². The predicted molar refractivity (Wildman–Crippen MR) is 120 cm³/mol. The highest BCUT2D eigenvalue weighted by atomic mass is 16.5. The van der Waals surface area contributed by atoms with Crippen LogP contribution < -0.4 is 14.7 Å². The third-order valence-electron chi connectivity index (χ3n) is 6.43. The molecule has 8 nitrogen and oxygen atoms in total. The van der Waals surface area contributed by atoms with Crippen molar-refractivity contribution >= 4 is 17.6 Å². The Balaban J connectivity index is 1.32. The van der Waals surface area contributed by atoms with Crippen LogP contribution in [0.5, 0.6) is 0 Å². The molecule has 162 valence electrons. The molecule has 0 N–H and O–H groups in total. The van der Waals surface area contributed by atoms with Crippen LogP contribution in [0.2, 0.25) is 0 Å². The number of nitriles is 1. The molecule has 0 bridgehead atoms. The van der Waals surface area contributed by atoms with E-state index in [1.165, 1.54) is 24.1 Å². The first-order valence-electron chi connectivity index (χ1n) is 11.3. The summed E-state index contributed by atoms with van der Waals surface area (Å²) in [6.07, 6.45) is 4.46. The van der Waals surface area contributed by atoms with Crippen LogP contribution in [0.15, 0.2) is 12.1 Å². The zero-order valence-corrected chi connectivity index (χ0v) is 18.2. The summed E-state index contributed by atoms with van der Waals surface area (Å²) in [5, 5.41) is 9.71. The molecule has 4 heterocycles. The van der Waals surface area contributed by atoms with E-state index in [0.717, 1.165) is 88.6 Å². The first-order valence-corrected chi connectivity index (χ1v) is 11.3. The number of hydrogen-bond donors (Lipinski definition) is 0. The highest BCUT2D eigenvalue weighted by Gasteiger charge is 2.25. The van der Waals surface area contributed by atoms with E-state index in [0.29, 0.717) is 5.56 Å². The summed E-state index contributed by atoms with van der Waals surface area (Å²) < 4.78 is 5.46. The minimum absolute atomic E-state index is 0.710. The fourth-order valence-electron chi connectivity index (χ4n) is 4.70. The molecule has 0 radical (unpaired) electrons. The average molecular weight is 420 g/mol. The van der Waals surface area contributed by atoms with E-state index in [-0.39, 0.29) is 0 Å². The van der Waals surface area contributed by atoms with Crippen molar-refractivity contribution in [3.63, 3.8) is 0 Å². The third kappa shape index (κ3) is 4.15. The van der Waals surface area contributed by atoms with Crippen LogP contribution in [0.1, 0.15) is 35.4 Å². The maximum absolute atomic E-state index is 9.71. The van der Waals surface area contributed by atoms with Gasteiger partial charge in [-0.1, -0.05) is 0 Å². The van der Waals surface area contributed by atoms with Crippen molar-refractivity contribution in [3.05, 3.63) is 34.6 Å². The van der Waals surface area contributed by atoms with Gasteiger partial charge in [0.15, 0.2) is 0 Å². The van der Waals surface area contributed by atoms with E-state index in [9.17, 15) is 5.26 Å². The third-order valence-corrected chi connectivity index (χ3v) is 6.43.